The molecule has 0 spiro atoms. The first kappa shape index (κ1) is 15.0. The van der Waals surface area contributed by atoms with E-state index in [9.17, 15) is 9.59 Å². The molecular weight excluding hydrogens is 292 g/mol. The largest absolute Gasteiger partial charge is 0.478 e. The Bertz CT molecular complexity index is 701. The quantitative estimate of drug-likeness (QED) is 0.850. The van der Waals surface area contributed by atoms with Crippen LogP contribution in [0, 0.1) is 0 Å². The summed E-state index contributed by atoms with van der Waals surface area (Å²) in [6.07, 6.45) is 0.645. The fourth-order valence-electron chi connectivity index (χ4n) is 1.84. The molecule has 2 N–H and O–H groups in total. The van der Waals surface area contributed by atoms with Crippen LogP contribution in [0.25, 0.3) is 0 Å². The molecule has 2 rings (SSSR count). The number of anilines is 1. The van der Waals surface area contributed by atoms with Gasteiger partial charge in [0, 0.05) is 11.3 Å². The first-order chi connectivity index (χ1) is 10.0. The van der Waals surface area contributed by atoms with Crippen LogP contribution in [-0.4, -0.2) is 22.0 Å². The molecule has 0 atom stereocenters. The number of carboxylic acid groups (broad SMARTS) is 1. The molecule has 6 heteroatoms. The van der Waals surface area contributed by atoms with Crippen LogP contribution >= 0.6 is 11.6 Å². The molecule has 21 heavy (non-hydrogen) atoms. The van der Waals surface area contributed by atoms with Crippen molar-refractivity contribution in [2.45, 2.75) is 13.3 Å². The zero-order valence-electron chi connectivity index (χ0n) is 11.3. The van der Waals surface area contributed by atoms with Crippen molar-refractivity contribution in [2.75, 3.05) is 5.32 Å². The fourth-order valence-corrected chi connectivity index (χ4v) is 2.06. The van der Waals surface area contributed by atoms with E-state index in [1.807, 2.05) is 6.92 Å². The first-order valence-corrected chi connectivity index (χ1v) is 6.69. The molecule has 2 aromatic rings. The Balaban J connectivity index is 2.30. The summed E-state index contributed by atoms with van der Waals surface area (Å²) in [6, 6.07) is 9.28. The highest BCUT2D eigenvalue weighted by Crippen LogP contribution is 2.18. The van der Waals surface area contributed by atoms with Gasteiger partial charge in [0.05, 0.1) is 11.3 Å². The third-order valence-corrected chi connectivity index (χ3v) is 3.07. The summed E-state index contributed by atoms with van der Waals surface area (Å²) in [5.74, 6) is -1.53. The maximum absolute atomic E-state index is 12.2. The van der Waals surface area contributed by atoms with Crippen LogP contribution < -0.4 is 5.32 Å². The zero-order valence-corrected chi connectivity index (χ0v) is 12.0. The normalized spacial score (nSPS) is 10.2. The number of benzene rings is 1. The van der Waals surface area contributed by atoms with Crippen LogP contribution in [0.5, 0.6) is 0 Å². The number of halogens is 1. The fraction of sp³-hybridized carbons (Fsp3) is 0.133. The molecule has 0 radical (unpaired) electrons. The average molecular weight is 305 g/mol. The Morgan fingerprint density at radius 1 is 1.29 bits per heavy atom. The van der Waals surface area contributed by atoms with Crippen molar-refractivity contribution in [1.82, 2.24) is 4.98 Å². The highest BCUT2D eigenvalue weighted by atomic mass is 35.5. The number of pyridine rings is 1. The topological polar surface area (TPSA) is 79.3 Å². The molecule has 0 saturated carbocycles. The van der Waals surface area contributed by atoms with Gasteiger partial charge in [-0.3, -0.25) is 4.79 Å². The lowest BCUT2D eigenvalue weighted by Gasteiger charge is -2.09. The summed E-state index contributed by atoms with van der Waals surface area (Å²) in [7, 11) is 0. The summed E-state index contributed by atoms with van der Waals surface area (Å²) < 4.78 is 0. The minimum Gasteiger partial charge on any atom is -0.478 e. The van der Waals surface area contributed by atoms with Gasteiger partial charge in [0.15, 0.2) is 0 Å². The van der Waals surface area contributed by atoms with Crippen LogP contribution in [0.4, 0.5) is 5.69 Å². The van der Waals surface area contributed by atoms with E-state index in [0.717, 1.165) is 0 Å². The van der Waals surface area contributed by atoms with Gasteiger partial charge >= 0.3 is 5.97 Å². The highest BCUT2D eigenvalue weighted by Gasteiger charge is 2.14. The van der Waals surface area contributed by atoms with E-state index in [2.05, 4.69) is 10.3 Å². The summed E-state index contributed by atoms with van der Waals surface area (Å²) >= 11 is 5.87. The number of aromatic nitrogens is 1. The molecule has 0 aliphatic heterocycles. The van der Waals surface area contributed by atoms with Gasteiger partial charge < -0.3 is 10.4 Å². The average Bonchev–Trinajstić information content (AvgIpc) is 2.46. The van der Waals surface area contributed by atoms with E-state index in [1.165, 1.54) is 18.2 Å². The van der Waals surface area contributed by atoms with Gasteiger partial charge in [-0.05, 0) is 30.7 Å². The summed E-state index contributed by atoms with van der Waals surface area (Å²) in [5.41, 5.74) is 1.30. The number of hydrogen-bond donors (Lipinski definition) is 2. The van der Waals surface area contributed by atoms with Gasteiger partial charge in [-0.15, -0.1) is 0 Å². The number of rotatable bonds is 4. The molecule has 0 saturated heterocycles. The van der Waals surface area contributed by atoms with Crippen molar-refractivity contribution < 1.29 is 14.7 Å². The molecule has 0 bridgehead atoms. The molecule has 0 aliphatic carbocycles. The third kappa shape index (κ3) is 3.58. The molecular formula is C15H13ClN2O3. The number of hydrogen-bond acceptors (Lipinski definition) is 3. The molecule has 1 amide bonds. The number of amides is 1. The summed E-state index contributed by atoms with van der Waals surface area (Å²) in [6.45, 7) is 1.90. The minimum atomic E-state index is -1.10. The van der Waals surface area contributed by atoms with E-state index < -0.39 is 11.9 Å². The SMILES string of the molecule is CCc1cc(C(=O)Nc2ccccc2C(=O)O)cc(Cl)n1. The van der Waals surface area contributed by atoms with Crippen LogP contribution in [-0.2, 0) is 6.42 Å². The number of nitrogens with zero attached hydrogens (tertiary/aromatic N) is 1. The number of aromatic carboxylic acids is 1. The summed E-state index contributed by atoms with van der Waals surface area (Å²) in [4.78, 5) is 27.4. The lowest BCUT2D eigenvalue weighted by Crippen LogP contribution is -2.15. The maximum atomic E-state index is 12.2. The Morgan fingerprint density at radius 2 is 2.00 bits per heavy atom. The molecule has 1 aromatic heterocycles. The van der Waals surface area contributed by atoms with E-state index in [0.29, 0.717) is 17.7 Å². The monoisotopic (exact) mass is 304 g/mol. The van der Waals surface area contributed by atoms with Crippen LogP contribution in [0.3, 0.4) is 0 Å². The molecule has 5 nitrogen and oxygen atoms in total. The second-order valence-electron chi connectivity index (χ2n) is 4.33. The lowest BCUT2D eigenvalue weighted by atomic mass is 10.1. The maximum Gasteiger partial charge on any atom is 0.337 e. The Kier molecular flexibility index (Phi) is 4.55. The smallest absolute Gasteiger partial charge is 0.337 e. The van der Waals surface area contributed by atoms with Gasteiger partial charge in [0.25, 0.3) is 5.91 Å². The van der Waals surface area contributed by atoms with Crippen LogP contribution in [0.2, 0.25) is 5.15 Å². The molecule has 1 heterocycles. The second kappa shape index (κ2) is 6.37. The van der Waals surface area contributed by atoms with Crippen molar-refractivity contribution in [1.29, 1.82) is 0 Å². The van der Waals surface area contributed by atoms with E-state index >= 15 is 0 Å². The summed E-state index contributed by atoms with van der Waals surface area (Å²) in [5, 5.41) is 11.9. The van der Waals surface area contributed by atoms with E-state index in [4.69, 9.17) is 16.7 Å². The number of carbonyl (C=O) groups excluding carboxylic acids is 1. The van der Waals surface area contributed by atoms with Crippen molar-refractivity contribution in [3.8, 4) is 0 Å². The third-order valence-electron chi connectivity index (χ3n) is 2.88. The second-order valence-corrected chi connectivity index (χ2v) is 4.72. The zero-order chi connectivity index (χ0) is 15.4. The Morgan fingerprint density at radius 3 is 2.67 bits per heavy atom. The van der Waals surface area contributed by atoms with E-state index in [1.54, 1.807) is 18.2 Å². The van der Waals surface area contributed by atoms with Crippen molar-refractivity contribution in [3.63, 3.8) is 0 Å². The number of aryl methyl sites for hydroxylation is 1. The predicted molar refractivity (Wildman–Crippen MR) is 80.0 cm³/mol. The first-order valence-electron chi connectivity index (χ1n) is 6.31. The van der Waals surface area contributed by atoms with Crippen LogP contribution in [0.1, 0.15) is 33.3 Å². The van der Waals surface area contributed by atoms with Crippen LogP contribution in [0.15, 0.2) is 36.4 Å². The van der Waals surface area contributed by atoms with Gasteiger partial charge in [0.1, 0.15) is 5.15 Å². The molecule has 0 aliphatic rings. The van der Waals surface area contributed by atoms with E-state index in [-0.39, 0.29) is 16.4 Å². The number of carbonyl (C=O) groups is 2. The minimum absolute atomic E-state index is 0.0294. The van der Waals surface area contributed by atoms with Crippen molar-refractivity contribution in [2.24, 2.45) is 0 Å². The Hall–Kier alpha value is -2.40. The number of nitrogens with one attached hydrogen (secondary N) is 1. The molecule has 0 unspecified atom stereocenters. The van der Waals surface area contributed by atoms with Gasteiger partial charge in [-0.25, -0.2) is 9.78 Å². The lowest BCUT2D eigenvalue weighted by molar-refractivity contribution is 0.0698. The van der Waals surface area contributed by atoms with Gasteiger partial charge in [-0.1, -0.05) is 30.7 Å². The Labute approximate surface area is 126 Å². The number of para-hydroxylation sites is 1. The van der Waals surface area contributed by atoms with Crippen molar-refractivity contribution >= 4 is 29.2 Å². The predicted octanol–water partition coefficient (Wildman–Crippen LogP) is 3.25. The standard InChI is InChI=1S/C15H13ClN2O3/c1-2-10-7-9(8-13(16)17-10)14(19)18-12-6-4-3-5-11(12)15(20)21/h3-8H,2H2,1H3,(H,18,19)(H,20,21). The van der Waals surface area contributed by atoms with Gasteiger partial charge in [0.2, 0.25) is 0 Å². The molecule has 0 fully saturated rings. The van der Waals surface area contributed by atoms with Gasteiger partial charge in [-0.2, -0.15) is 0 Å². The molecule has 108 valence electrons. The molecule has 1 aromatic carbocycles. The number of carboxylic acids is 1. The van der Waals surface area contributed by atoms with Crippen molar-refractivity contribution in [3.05, 3.63) is 58.4 Å². The highest BCUT2D eigenvalue weighted by molar-refractivity contribution is 6.29.